The van der Waals surface area contributed by atoms with Gasteiger partial charge in [0, 0.05) is 27.3 Å². The number of anilines is 1. The van der Waals surface area contributed by atoms with E-state index in [4.69, 9.17) is 5.11 Å². The number of aryl methyl sites for hydroxylation is 1. The molecule has 0 bridgehead atoms. The Kier molecular flexibility index (Phi) is 5.01. The minimum atomic E-state index is 0.101. The number of hydrogen-bond donors (Lipinski definition) is 2. The normalized spacial score (nSPS) is 10.7. The summed E-state index contributed by atoms with van der Waals surface area (Å²) in [6.45, 7) is 3.37. The van der Waals surface area contributed by atoms with Gasteiger partial charge < -0.3 is 10.4 Å². The summed E-state index contributed by atoms with van der Waals surface area (Å²) in [6.07, 6.45) is 3.73. The predicted molar refractivity (Wildman–Crippen MR) is 83.2 cm³/mol. The van der Waals surface area contributed by atoms with E-state index in [0.29, 0.717) is 13.1 Å². The van der Waals surface area contributed by atoms with Crippen molar-refractivity contribution in [2.75, 3.05) is 11.9 Å². The molecule has 0 unspecified atom stereocenters. The topological polar surface area (TPSA) is 50.1 Å². The van der Waals surface area contributed by atoms with E-state index in [9.17, 15) is 0 Å². The zero-order chi connectivity index (χ0) is 13.8. The van der Waals surface area contributed by atoms with Crippen LogP contribution in [0, 0.1) is 6.92 Å². The first-order chi connectivity index (χ1) is 9.10. The van der Waals surface area contributed by atoms with Crippen LogP contribution in [0.3, 0.4) is 0 Å². The quantitative estimate of drug-likeness (QED) is 0.825. The summed E-state index contributed by atoms with van der Waals surface area (Å²) in [7, 11) is 0. The molecule has 1 heterocycles. The lowest BCUT2D eigenvalue weighted by atomic mass is 10.2. The van der Waals surface area contributed by atoms with Crippen LogP contribution >= 0.6 is 31.9 Å². The maximum atomic E-state index is 8.85. The van der Waals surface area contributed by atoms with Crippen molar-refractivity contribution in [2.45, 2.75) is 20.0 Å². The number of nitrogens with one attached hydrogen (secondary N) is 1. The first-order valence-corrected chi connectivity index (χ1v) is 7.50. The smallest absolute Gasteiger partial charge is 0.0640 e. The minimum Gasteiger partial charge on any atom is -0.394 e. The number of benzene rings is 1. The lowest BCUT2D eigenvalue weighted by Crippen LogP contribution is -2.02. The number of aliphatic hydroxyl groups excluding tert-OH is 1. The Morgan fingerprint density at radius 1 is 1.32 bits per heavy atom. The summed E-state index contributed by atoms with van der Waals surface area (Å²) in [6, 6.07) is 4.14. The summed E-state index contributed by atoms with van der Waals surface area (Å²) in [5.74, 6) is 0. The van der Waals surface area contributed by atoms with Crippen molar-refractivity contribution in [2.24, 2.45) is 0 Å². The molecule has 0 aliphatic carbocycles. The van der Waals surface area contributed by atoms with Crippen molar-refractivity contribution < 1.29 is 5.11 Å². The Morgan fingerprint density at radius 2 is 2.00 bits per heavy atom. The van der Waals surface area contributed by atoms with Gasteiger partial charge in [0.15, 0.2) is 0 Å². The number of aliphatic hydroxyl groups is 1. The van der Waals surface area contributed by atoms with E-state index in [2.05, 4.69) is 61.3 Å². The largest absolute Gasteiger partial charge is 0.394 e. The van der Waals surface area contributed by atoms with Crippen LogP contribution < -0.4 is 5.32 Å². The highest BCUT2D eigenvalue weighted by Gasteiger charge is 2.06. The van der Waals surface area contributed by atoms with Crippen LogP contribution in [-0.2, 0) is 13.1 Å². The van der Waals surface area contributed by atoms with Gasteiger partial charge in [0.1, 0.15) is 0 Å². The van der Waals surface area contributed by atoms with Gasteiger partial charge in [0.2, 0.25) is 0 Å². The van der Waals surface area contributed by atoms with Gasteiger partial charge in [-0.3, -0.25) is 4.68 Å². The molecule has 2 rings (SSSR count). The Labute approximate surface area is 129 Å². The Balaban J connectivity index is 2.05. The molecule has 0 spiro atoms. The first-order valence-electron chi connectivity index (χ1n) is 5.92. The molecule has 0 radical (unpaired) electrons. The summed E-state index contributed by atoms with van der Waals surface area (Å²) in [4.78, 5) is 0. The zero-order valence-corrected chi connectivity index (χ0v) is 13.7. The van der Waals surface area contributed by atoms with Crippen LogP contribution in [0.25, 0.3) is 0 Å². The standard InChI is InChI=1S/C13H15Br2N3O/c1-9-4-11(14)13(12(15)5-9)16-6-10-7-17-18(8-10)2-3-19/h4-5,7-8,16,19H,2-3,6H2,1H3. The molecule has 19 heavy (non-hydrogen) atoms. The average Bonchev–Trinajstić information content (AvgIpc) is 2.76. The molecule has 0 fully saturated rings. The monoisotopic (exact) mass is 387 g/mol. The second-order valence-corrected chi connectivity index (χ2v) is 6.00. The molecule has 2 N–H and O–H groups in total. The molecule has 2 aromatic rings. The molecule has 0 amide bonds. The number of aromatic nitrogens is 2. The third-order valence-corrected chi connectivity index (χ3v) is 3.92. The molecule has 0 atom stereocenters. The summed E-state index contributed by atoms with van der Waals surface area (Å²) in [5, 5.41) is 16.4. The van der Waals surface area contributed by atoms with Crippen molar-refractivity contribution in [3.8, 4) is 0 Å². The SMILES string of the molecule is Cc1cc(Br)c(NCc2cnn(CCO)c2)c(Br)c1. The molecule has 6 heteroatoms. The minimum absolute atomic E-state index is 0.101. The predicted octanol–water partition coefficient (Wildman–Crippen LogP) is 3.32. The van der Waals surface area contributed by atoms with Gasteiger partial charge in [-0.15, -0.1) is 0 Å². The van der Waals surface area contributed by atoms with Crippen LogP contribution in [0.2, 0.25) is 0 Å². The molecule has 4 nitrogen and oxygen atoms in total. The fourth-order valence-corrected chi connectivity index (χ4v) is 3.48. The maximum absolute atomic E-state index is 8.85. The van der Waals surface area contributed by atoms with E-state index < -0.39 is 0 Å². The van der Waals surface area contributed by atoms with Crippen LogP contribution in [0.5, 0.6) is 0 Å². The van der Waals surface area contributed by atoms with Gasteiger partial charge in [-0.1, -0.05) is 0 Å². The second-order valence-electron chi connectivity index (χ2n) is 4.29. The van der Waals surface area contributed by atoms with Crippen molar-refractivity contribution in [3.05, 3.63) is 44.6 Å². The fourth-order valence-electron chi connectivity index (χ4n) is 1.78. The number of rotatable bonds is 5. The lowest BCUT2D eigenvalue weighted by Gasteiger charge is -2.11. The second kappa shape index (κ2) is 6.54. The van der Waals surface area contributed by atoms with Crippen molar-refractivity contribution >= 4 is 37.5 Å². The molecule has 1 aromatic heterocycles. The number of hydrogen-bond acceptors (Lipinski definition) is 3. The first kappa shape index (κ1) is 14.6. The van der Waals surface area contributed by atoms with Crippen molar-refractivity contribution in [1.29, 1.82) is 0 Å². The number of nitrogens with zero attached hydrogens (tertiary/aromatic N) is 2. The lowest BCUT2D eigenvalue weighted by molar-refractivity contribution is 0.269. The van der Waals surface area contributed by atoms with E-state index in [1.165, 1.54) is 5.56 Å². The van der Waals surface area contributed by atoms with Gasteiger partial charge in [-0.05, 0) is 56.5 Å². The van der Waals surface area contributed by atoms with Crippen molar-refractivity contribution in [1.82, 2.24) is 9.78 Å². The van der Waals surface area contributed by atoms with Crippen LogP contribution in [-0.4, -0.2) is 21.5 Å². The third-order valence-electron chi connectivity index (χ3n) is 2.67. The third kappa shape index (κ3) is 3.81. The van der Waals surface area contributed by atoms with Gasteiger partial charge in [-0.25, -0.2) is 0 Å². The molecule has 102 valence electrons. The van der Waals surface area contributed by atoms with E-state index in [1.807, 2.05) is 6.20 Å². The van der Waals surface area contributed by atoms with E-state index in [1.54, 1.807) is 10.9 Å². The summed E-state index contributed by atoms with van der Waals surface area (Å²) < 4.78 is 3.79. The maximum Gasteiger partial charge on any atom is 0.0640 e. The molecule has 1 aromatic carbocycles. The highest BCUT2D eigenvalue weighted by Crippen LogP contribution is 2.32. The molecular weight excluding hydrogens is 374 g/mol. The van der Waals surface area contributed by atoms with Gasteiger partial charge >= 0.3 is 0 Å². The van der Waals surface area contributed by atoms with Crippen molar-refractivity contribution in [3.63, 3.8) is 0 Å². The van der Waals surface area contributed by atoms with Crippen LogP contribution in [0.15, 0.2) is 33.5 Å². The van der Waals surface area contributed by atoms with Gasteiger partial charge in [-0.2, -0.15) is 5.10 Å². The van der Waals surface area contributed by atoms with E-state index >= 15 is 0 Å². The Hall–Kier alpha value is -0.850. The molecule has 0 aliphatic heterocycles. The highest BCUT2D eigenvalue weighted by molar-refractivity contribution is 9.11. The molecule has 0 saturated heterocycles. The van der Waals surface area contributed by atoms with E-state index in [0.717, 1.165) is 20.2 Å². The average molecular weight is 389 g/mol. The molecular formula is C13H15Br2N3O. The van der Waals surface area contributed by atoms with Gasteiger partial charge in [0.05, 0.1) is 25.0 Å². The highest BCUT2D eigenvalue weighted by atomic mass is 79.9. The molecule has 0 aliphatic rings. The summed E-state index contributed by atoms with van der Waals surface area (Å²) >= 11 is 7.11. The van der Waals surface area contributed by atoms with Crippen LogP contribution in [0.4, 0.5) is 5.69 Å². The zero-order valence-electron chi connectivity index (χ0n) is 10.5. The van der Waals surface area contributed by atoms with Gasteiger partial charge in [0.25, 0.3) is 0 Å². The van der Waals surface area contributed by atoms with E-state index in [-0.39, 0.29) is 6.61 Å². The fraction of sp³-hybridized carbons (Fsp3) is 0.308. The molecule has 0 saturated carbocycles. The Bertz CT molecular complexity index is 546. The Morgan fingerprint density at radius 3 is 2.63 bits per heavy atom. The summed E-state index contributed by atoms with van der Waals surface area (Å²) in [5.41, 5.74) is 3.30. The van der Waals surface area contributed by atoms with Crippen LogP contribution in [0.1, 0.15) is 11.1 Å². The number of halogens is 2.